The van der Waals surface area contributed by atoms with Crippen LogP contribution in [0.2, 0.25) is 0 Å². The molecule has 10 aromatic carbocycles. The van der Waals surface area contributed by atoms with E-state index in [1.807, 2.05) is 11.8 Å². The van der Waals surface area contributed by atoms with Gasteiger partial charge in [0.15, 0.2) is 0 Å². The highest BCUT2D eigenvalue weighted by atomic mass is 32.2. The van der Waals surface area contributed by atoms with Gasteiger partial charge in [0.1, 0.15) is 0 Å². The second-order valence-electron chi connectivity index (χ2n) is 21.5. The molecular weight excluding hydrogens is 914 g/mol. The number of fused-ring (bicyclic) bond motifs is 10. The van der Waals surface area contributed by atoms with E-state index in [-0.39, 0.29) is 12.1 Å². The molecule has 2 aliphatic heterocycles. The molecule has 12 aromatic rings. The Labute approximate surface area is 438 Å². The van der Waals surface area contributed by atoms with Crippen LogP contribution in [0.1, 0.15) is 58.1 Å². The summed E-state index contributed by atoms with van der Waals surface area (Å²) in [6.07, 6.45) is 4.55. The second-order valence-corrected chi connectivity index (χ2v) is 22.5. The summed E-state index contributed by atoms with van der Waals surface area (Å²) in [6.45, 7) is 9.36. The van der Waals surface area contributed by atoms with Gasteiger partial charge < -0.3 is 14.0 Å². The number of para-hydroxylation sites is 4. The van der Waals surface area contributed by atoms with E-state index in [1.165, 1.54) is 139 Å². The lowest BCUT2D eigenvalue weighted by atomic mass is 9.34. The lowest BCUT2D eigenvalue weighted by Crippen LogP contribution is -2.60. The van der Waals surface area contributed by atoms with Gasteiger partial charge in [-0.25, -0.2) is 0 Å². The highest BCUT2D eigenvalue weighted by molar-refractivity contribution is 8.00. The molecule has 0 amide bonds. The fourth-order valence-corrected chi connectivity index (χ4v) is 13.7. The molecule has 0 aliphatic carbocycles. The number of benzene rings is 10. The molecule has 0 saturated heterocycles. The SMILES string of the molecule is CCCCCc1cc2c3c(c1)N(c1c(-c4ccccc4)cc(C(C)(C)C)cc1-c1ccccc1)c1cc(-n4c5ccccc5c5ccccc54)ccc1B3c1ccc(-n3c4ccccc4c4ccccc43)cc1S2. The Morgan fingerprint density at radius 2 is 0.932 bits per heavy atom. The standard InChI is InChI=1S/C69H56BN3S/c1-5-6-9-22-45-39-64-67-66(40-45)74-65-44-50(72-61-33-20-16-29-53(61)54-30-17-21-34-62(54)72)36-38-58(65)70(67)57-37-35-49(71-59-31-18-14-27-51(59)52-28-15-19-32-60(52)71)43-63(57)73(64)68-55(46-23-10-7-11-24-46)41-48(69(2,3)4)42-56(68)47-25-12-8-13-26-47/h7-8,10-21,23-44H,5-6,9,22H2,1-4H3. The third kappa shape index (κ3) is 7.12. The van der Waals surface area contributed by atoms with Crippen molar-refractivity contribution in [1.82, 2.24) is 9.13 Å². The monoisotopic (exact) mass is 969 g/mol. The Kier molecular flexibility index (Phi) is 10.6. The van der Waals surface area contributed by atoms with Crippen LogP contribution in [0.15, 0.2) is 228 Å². The molecule has 0 saturated carbocycles. The number of unbranched alkanes of at least 4 members (excludes halogenated alkanes) is 2. The number of anilines is 3. The van der Waals surface area contributed by atoms with Gasteiger partial charge in [0.25, 0.3) is 0 Å². The van der Waals surface area contributed by atoms with Crippen molar-refractivity contribution in [1.29, 1.82) is 0 Å². The van der Waals surface area contributed by atoms with Crippen LogP contribution in [-0.2, 0) is 11.8 Å². The number of hydrogen-bond donors (Lipinski definition) is 0. The zero-order chi connectivity index (χ0) is 49.7. The Balaban J connectivity index is 1.09. The molecule has 0 unspecified atom stereocenters. The zero-order valence-corrected chi connectivity index (χ0v) is 43.3. The highest BCUT2D eigenvalue weighted by Gasteiger charge is 2.43. The van der Waals surface area contributed by atoms with Crippen molar-refractivity contribution in [2.75, 3.05) is 4.90 Å². The summed E-state index contributed by atoms with van der Waals surface area (Å²) in [7, 11) is 0. The number of rotatable bonds is 9. The molecule has 5 heteroatoms. The number of aryl methyl sites for hydroxylation is 1. The number of nitrogens with zero attached hydrogens (tertiary/aromatic N) is 3. The average Bonchev–Trinajstić information content (AvgIpc) is 3.97. The molecule has 14 rings (SSSR count). The van der Waals surface area contributed by atoms with Crippen LogP contribution in [-0.4, -0.2) is 15.8 Å². The Hall–Kier alpha value is -7.99. The Morgan fingerprint density at radius 3 is 1.45 bits per heavy atom. The molecule has 4 heterocycles. The molecular formula is C69H56BN3S. The summed E-state index contributed by atoms with van der Waals surface area (Å²) in [5, 5.41) is 5.08. The molecule has 3 nitrogen and oxygen atoms in total. The summed E-state index contributed by atoms with van der Waals surface area (Å²) in [4.78, 5) is 5.37. The van der Waals surface area contributed by atoms with Crippen molar-refractivity contribution in [2.45, 2.75) is 68.6 Å². The molecule has 356 valence electrons. The fourth-order valence-electron chi connectivity index (χ4n) is 12.4. The molecule has 0 radical (unpaired) electrons. The fraction of sp³-hybridized carbons (Fsp3) is 0.130. The van der Waals surface area contributed by atoms with Crippen molar-refractivity contribution in [3.63, 3.8) is 0 Å². The third-order valence-corrected chi connectivity index (χ3v) is 17.0. The van der Waals surface area contributed by atoms with Gasteiger partial charge in [0.2, 0.25) is 6.71 Å². The number of aromatic nitrogens is 2. The smallest absolute Gasteiger partial charge is 0.249 e. The van der Waals surface area contributed by atoms with Crippen molar-refractivity contribution in [3.8, 4) is 33.6 Å². The molecule has 0 atom stereocenters. The van der Waals surface area contributed by atoms with Gasteiger partial charge >= 0.3 is 0 Å². The highest BCUT2D eigenvalue weighted by Crippen LogP contribution is 2.51. The summed E-state index contributed by atoms with van der Waals surface area (Å²) in [5.74, 6) is 0. The van der Waals surface area contributed by atoms with Gasteiger partial charge in [-0.2, -0.15) is 0 Å². The minimum Gasteiger partial charge on any atom is -0.310 e. The lowest BCUT2D eigenvalue weighted by Gasteiger charge is -2.42. The van der Waals surface area contributed by atoms with Crippen LogP contribution in [0, 0.1) is 0 Å². The summed E-state index contributed by atoms with van der Waals surface area (Å²) < 4.78 is 4.96. The van der Waals surface area contributed by atoms with Gasteiger partial charge in [0, 0.05) is 65.2 Å². The van der Waals surface area contributed by atoms with Crippen molar-refractivity contribution >= 4 is 95.5 Å². The van der Waals surface area contributed by atoms with Crippen LogP contribution in [0.3, 0.4) is 0 Å². The van der Waals surface area contributed by atoms with E-state index in [0.717, 1.165) is 18.5 Å². The molecule has 74 heavy (non-hydrogen) atoms. The second kappa shape index (κ2) is 17.6. The van der Waals surface area contributed by atoms with Gasteiger partial charge in [0.05, 0.1) is 27.8 Å². The van der Waals surface area contributed by atoms with E-state index in [1.54, 1.807) is 0 Å². The van der Waals surface area contributed by atoms with E-state index < -0.39 is 0 Å². The van der Waals surface area contributed by atoms with Gasteiger partial charge in [-0.1, -0.05) is 203 Å². The average molecular weight is 970 g/mol. The summed E-state index contributed by atoms with van der Waals surface area (Å²) in [6, 6.07) is 82.7. The Bertz CT molecular complexity index is 4010. The van der Waals surface area contributed by atoms with Gasteiger partial charge in [-0.15, -0.1) is 0 Å². The van der Waals surface area contributed by atoms with Crippen molar-refractivity contribution in [3.05, 3.63) is 230 Å². The first-order valence-corrected chi connectivity index (χ1v) is 27.3. The molecule has 0 fully saturated rings. The van der Waals surface area contributed by atoms with Crippen molar-refractivity contribution in [2.24, 2.45) is 0 Å². The quantitative estimate of drug-likeness (QED) is 0.106. The first-order chi connectivity index (χ1) is 36.3. The largest absolute Gasteiger partial charge is 0.310 e. The first kappa shape index (κ1) is 44.7. The minimum atomic E-state index is -0.100. The topological polar surface area (TPSA) is 13.1 Å². The van der Waals surface area contributed by atoms with Crippen LogP contribution in [0.5, 0.6) is 0 Å². The van der Waals surface area contributed by atoms with Crippen LogP contribution in [0.4, 0.5) is 17.1 Å². The number of hydrogen-bond acceptors (Lipinski definition) is 2. The van der Waals surface area contributed by atoms with Crippen LogP contribution < -0.4 is 21.3 Å². The van der Waals surface area contributed by atoms with Gasteiger partial charge in [-0.3, -0.25) is 0 Å². The summed E-state index contributed by atoms with van der Waals surface area (Å²) >= 11 is 1.96. The van der Waals surface area contributed by atoms with Crippen LogP contribution >= 0.6 is 11.8 Å². The third-order valence-electron chi connectivity index (χ3n) is 15.9. The maximum absolute atomic E-state index is 2.71. The van der Waals surface area contributed by atoms with Crippen LogP contribution in [0.25, 0.3) is 77.2 Å². The van der Waals surface area contributed by atoms with E-state index in [0.29, 0.717) is 0 Å². The van der Waals surface area contributed by atoms with Crippen molar-refractivity contribution < 1.29 is 0 Å². The van der Waals surface area contributed by atoms with E-state index in [9.17, 15) is 0 Å². The maximum Gasteiger partial charge on any atom is 0.249 e. The molecule has 0 spiro atoms. The molecule has 0 bridgehead atoms. The molecule has 0 N–H and O–H groups in total. The Morgan fingerprint density at radius 1 is 0.446 bits per heavy atom. The molecule has 2 aliphatic rings. The predicted molar refractivity (Wildman–Crippen MR) is 318 cm³/mol. The minimum absolute atomic E-state index is 0.000733. The van der Waals surface area contributed by atoms with E-state index in [2.05, 4.69) is 260 Å². The first-order valence-electron chi connectivity index (χ1n) is 26.5. The maximum atomic E-state index is 2.71. The van der Waals surface area contributed by atoms with Gasteiger partial charge in [-0.05, 0) is 124 Å². The molecule has 2 aromatic heterocycles. The van der Waals surface area contributed by atoms with E-state index in [4.69, 9.17) is 0 Å². The van der Waals surface area contributed by atoms with E-state index >= 15 is 0 Å². The lowest BCUT2D eigenvalue weighted by molar-refractivity contribution is 0.591. The normalized spacial score (nSPS) is 13.0. The predicted octanol–water partition coefficient (Wildman–Crippen LogP) is 17.0. The summed E-state index contributed by atoms with van der Waals surface area (Å²) in [5.41, 5.74) is 22.4. The zero-order valence-electron chi connectivity index (χ0n) is 42.4.